The number of pyridine rings is 1. The predicted molar refractivity (Wildman–Crippen MR) is 76.7 cm³/mol. The second kappa shape index (κ2) is 7.09. The Balaban J connectivity index is 1.87. The van der Waals surface area contributed by atoms with E-state index >= 15 is 0 Å². The lowest BCUT2D eigenvalue weighted by Crippen LogP contribution is -2.22. The monoisotopic (exact) mass is 279 g/mol. The van der Waals surface area contributed by atoms with E-state index in [0.717, 1.165) is 32.4 Å². The molecule has 1 aromatic heterocycles. The van der Waals surface area contributed by atoms with Crippen LogP contribution in [0.5, 0.6) is 0 Å². The van der Waals surface area contributed by atoms with E-state index in [1.165, 1.54) is 19.7 Å². The number of esters is 1. The van der Waals surface area contributed by atoms with Crippen LogP contribution in [0, 0.1) is 0 Å². The number of hydrogen-bond donors (Lipinski definition) is 2. The van der Waals surface area contributed by atoms with E-state index in [0.29, 0.717) is 23.2 Å². The minimum Gasteiger partial charge on any atom is -0.465 e. The average Bonchev–Trinajstić information content (AvgIpc) is 2.49. The van der Waals surface area contributed by atoms with Crippen molar-refractivity contribution < 1.29 is 14.3 Å². The summed E-state index contributed by atoms with van der Waals surface area (Å²) in [7, 11) is 1.33. The van der Waals surface area contributed by atoms with Gasteiger partial charge in [0.2, 0.25) is 0 Å². The summed E-state index contributed by atoms with van der Waals surface area (Å²) in [4.78, 5) is 15.7. The molecular weight excluding hydrogens is 258 g/mol. The van der Waals surface area contributed by atoms with Crippen molar-refractivity contribution in [3.63, 3.8) is 0 Å². The van der Waals surface area contributed by atoms with E-state index < -0.39 is 5.97 Å². The Hall–Kier alpha value is -1.82. The van der Waals surface area contributed by atoms with Gasteiger partial charge in [0, 0.05) is 13.2 Å². The molecule has 1 aliphatic heterocycles. The third-order valence-electron chi connectivity index (χ3n) is 3.39. The zero-order valence-corrected chi connectivity index (χ0v) is 11.7. The molecule has 2 rings (SSSR count). The molecule has 1 saturated heterocycles. The minimum atomic E-state index is -0.455. The molecule has 0 bridgehead atoms. The van der Waals surface area contributed by atoms with Gasteiger partial charge < -0.3 is 20.5 Å². The molecule has 20 heavy (non-hydrogen) atoms. The van der Waals surface area contributed by atoms with Crippen LogP contribution in [-0.4, -0.2) is 37.3 Å². The predicted octanol–water partition coefficient (Wildman–Crippen LogP) is 1.82. The first-order valence-electron chi connectivity index (χ1n) is 6.90. The van der Waals surface area contributed by atoms with Crippen molar-refractivity contribution in [2.45, 2.75) is 31.8 Å². The van der Waals surface area contributed by atoms with Crippen LogP contribution < -0.4 is 11.1 Å². The van der Waals surface area contributed by atoms with E-state index in [-0.39, 0.29) is 0 Å². The van der Waals surface area contributed by atoms with Gasteiger partial charge in [-0.25, -0.2) is 9.78 Å². The Kier molecular flexibility index (Phi) is 5.17. The van der Waals surface area contributed by atoms with Crippen LogP contribution in [0.15, 0.2) is 12.3 Å². The van der Waals surface area contributed by atoms with Gasteiger partial charge in [-0.3, -0.25) is 0 Å². The van der Waals surface area contributed by atoms with Gasteiger partial charge in [0.1, 0.15) is 5.82 Å². The zero-order valence-electron chi connectivity index (χ0n) is 11.7. The molecule has 1 atom stereocenters. The van der Waals surface area contributed by atoms with Gasteiger partial charge in [-0.15, -0.1) is 0 Å². The summed E-state index contributed by atoms with van der Waals surface area (Å²) in [6, 6.07) is 1.61. The number of rotatable bonds is 5. The zero-order chi connectivity index (χ0) is 14.4. The lowest BCUT2D eigenvalue weighted by Gasteiger charge is -2.22. The summed E-state index contributed by atoms with van der Waals surface area (Å²) >= 11 is 0. The maximum absolute atomic E-state index is 11.5. The van der Waals surface area contributed by atoms with Crippen LogP contribution in [0.25, 0.3) is 0 Å². The number of aromatic nitrogens is 1. The Morgan fingerprint density at radius 1 is 1.60 bits per heavy atom. The normalized spacial score (nSPS) is 18.6. The number of ether oxygens (including phenoxy) is 2. The van der Waals surface area contributed by atoms with E-state index in [2.05, 4.69) is 15.0 Å². The second-order valence-electron chi connectivity index (χ2n) is 4.85. The average molecular weight is 279 g/mol. The highest BCUT2D eigenvalue weighted by Gasteiger charge is 2.14. The van der Waals surface area contributed by atoms with Crippen LogP contribution in [-0.2, 0) is 9.47 Å². The smallest absolute Gasteiger partial charge is 0.340 e. The number of hydrogen-bond acceptors (Lipinski definition) is 6. The van der Waals surface area contributed by atoms with Crippen LogP contribution in [0.1, 0.15) is 36.0 Å². The van der Waals surface area contributed by atoms with Crippen molar-refractivity contribution in [3.8, 4) is 0 Å². The maximum atomic E-state index is 11.5. The fraction of sp³-hybridized carbons (Fsp3) is 0.571. The molecule has 3 N–H and O–H groups in total. The molecule has 6 nitrogen and oxygen atoms in total. The fourth-order valence-electron chi connectivity index (χ4n) is 2.25. The molecule has 6 heteroatoms. The molecule has 0 aromatic carbocycles. The van der Waals surface area contributed by atoms with Gasteiger partial charge in [0.25, 0.3) is 0 Å². The number of carbonyl (C=O) groups excluding carboxylic acids is 1. The number of nitrogens with zero attached hydrogens (tertiary/aromatic N) is 1. The van der Waals surface area contributed by atoms with Crippen molar-refractivity contribution in [1.29, 1.82) is 0 Å². The van der Waals surface area contributed by atoms with Crippen molar-refractivity contribution in [1.82, 2.24) is 4.98 Å². The molecule has 2 heterocycles. The van der Waals surface area contributed by atoms with Crippen molar-refractivity contribution in [2.24, 2.45) is 0 Å². The van der Waals surface area contributed by atoms with E-state index in [4.69, 9.17) is 10.5 Å². The molecular formula is C14H21N3O3. The first-order valence-corrected chi connectivity index (χ1v) is 6.90. The Morgan fingerprint density at radius 3 is 3.15 bits per heavy atom. The quantitative estimate of drug-likeness (QED) is 0.800. The summed E-state index contributed by atoms with van der Waals surface area (Å²) in [6.07, 6.45) is 6.23. The molecule has 1 aliphatic rings. The third-order valence-corrected chi connectivity index (χ3v) is 3.39. The lowest BCUT2D eigenvalue weighted by molar-refractivity contribution is 0.0134. The van der Waals surface area contributed by atoms with Gasteiger partial charge in [0.05, 0.1) is 30.7 Å². The molecule has 0 saturated carbocycles. The SMILES string of the molecule is COC(=O)c1cc(NCCC2CCCCO2)ncc1N. The highest BCUT2D eigenvalue weighted by Crippen LogP contribution is 2.18. The van der Waals surface area contributed by atoms with E-state index in [1.807, 2.05) is 0 Å². The molecule has 0 radical (unpaired) electrons. The van der Waals surface area contributed by atoms with Gasteiger partial charge in [-0.2, -0.15) is 0 Å². The van der Waals surface area contributed by atoms with Crippen LogP contribution in [0.3, 0.4) is 0 Å². The number of nitrogens with two attached hydrogens (primary N) is 1. The first-order chi connectivity index (χ1) is 9.70. The van der Waals surface area contributed by atoms with Crippen LogP contribution in [0.4, 0.5) is 11.5 Å². The summed E-state index contributed by atoms with van der Waals surface area (Å²) < 4.78 is 10.3. The third kappa shape index (κ3) is 3.84. The number of nitrogens with one attached hydrogen (secondary N) is 1. The summed E-state index contributed by atoms with van der Waals surface area (Å²) in [5.74, 6) is 0.166. The van der Waals surface area contributed by atoms with Gasteiger partial charge in [-0.1, -0.05) is 0 Å². The lowest BCUT2D eigenvalue weighted by atomic mass is 10.1. The highest BCUT2D eigenvalue weighted by molar-refractivity contribution is 5.95. The van der Waals surface area contributed by atoms with E-state index in [1.54, 1.807) is 6.07 Å². The fourth-order valence-corrected chi connectivity index (χ4v) is 2.25. The molecule has 0 aliphatic carbocycles. The van der Waals surface area contributed by atoms with Crippen molar-refractivity contribution in [2.75, 3.05) is 31.3 Å². The maximum Gasteiger partial charge on any atom is 0.340 e. The molecule has 0 spiro atoms. The van der Waals surface area contributed by atoms with Crippen molar-refractivity contribution in [3.05, 3.63) is 17.8 Å². The molecule has 1 aromatic rings. The van der Waals surface area contributed by atoms with Gasteiger partial charge >= 0.3 is 5.97 Å². The molecule has 0 amide bonds. The van der Waals surface area contributed by atoms with Gasteiger partial charge in [0.15, 0.2) is 0 Å². The standard InChI is InChI=1S/C14H21N3O3/c1-19-14(18)11-8-13(17-9-12(11)15)16-6-5-10-4-2-3-7-20-10/h8-10H,2-7,15H2,1H3,(H,16,17). The number of carbonyl (C=O) groups is 1. The van der Waals surface area contributed by atoms with Crippen LogP contribution >= 0.6 is 0 Å². The van der Waals surface area contributed by atoms with Gasteiger partial charge in [-0.05, 0) is 31.7 Å². The molecule has 1 unspecified atom stereocenters. The number of anilines is 2. The summed E-state index contributed by atoms with van der Waals surface area (Å²) in [6.45, 7) is 1.61. The molecule has 1 fully saturated rings. The summed E-state index contributed by atoms with van der Waals surface area (Å²) in [5.41, 5.74) is 6.35. The number of methoxy groups -OCH3 is 1. The van der Waals surface area contributed by atoms with Crippen LogP contribution in [0.2, 0.25) is 0 Å². The largest absolute Gasteiger partial charge is 0.465 e. The highest BCUT2D eigenvalue weighted by atomic mass is 16.5. The summed E-state index contributed by atoms with van der Waals surface area (Å²) in [5, 5.41) is 3.18. The minimum absolute atomic E-state index is 0.318. The van der Waals surface area contributed by atoms with E-state index in [9.17, 15) is 4.79 Å². The van der Waals surface area contributed by atoms with Crippen molar-refractivity contribution >= 4 is 17.5 Å². The number of nitrogen functional groups attached to an aromatic ring is 1. The topological polar surface area (TPSA) is 86.5 Å². The Bertz CT molecular complexity index is 459. The Labute approximate surface area is 118 Å². The molecule has 110 valence electrons. The Morgan fingerprint density at radius 2 is 2.45 bits per heavy atom. The first kappa shape index (κ1) is 14.6. The second-order valence-corrected chi connectivity index (χ2v) is 4.85.